The maximum absolute atomic E-state index is 11.1. The number of benzene rings is 1. The molecular formula is C15H20N2O4. The quantitative estimate of drug-likeness (QED) is 0.621. The molecule has 6 heteroatoms. The monoisotopic (exact) mass is 292 g/mol. The number of nitrogens with zero attached hydrogens (tertiary/aromatic N) is 1. The predicted molar refractivity (Wildman–Crippen MR) is 78.0 cm³/mol. The van der Waals surface area contributed by atoms with Crippen LogP contribution < -0.4 is 5.32 Å². The Bertz CT molecular complexity index is 515. The van der Waals surface area contributed by atoms with Gasteiger partial charge in [0.25, 0.3) is 5.69 Å². The summed E-state index contributed by atoms with van der Waals surface area (Å²) >= 11 is 0. The van der Waals surface area contributed by atoms with Crippen molar-refractivity contribution < 1.29 is 14.8 Å². The number of rotatable bonds is 6. The Morgan fingerprint density at radius 2 is 2.10 bits per heavy atom. The Morgan fingerprint density at radius 1 is 1.43 bits per heavy atom. The number of carbonyl (C=O) groups is 1. The lowest BCUT2D eigenvalue weighted by atomic mass is 9.95. The number of nitrogens with one attached hydrogen (secondary N) is 1. The topological polar surface area (TPSA) is 92.5 Å². The first-order valence-electron chi connectivity index (χ1n) is 7.19. The van der Waals surface area contributed by atoms with E-state index in [2.05, 4.69) is 5.32 Å². The second-order valence-electron chi connectivity index (χ2n) is 5.61. The van der Waals surface area contributed by atoms with Crippen LogP contribution in [0.4, 0.5) is 5.69 Å². The van der Waals surface area contributed by atoms with Gasteiger partial charge in [-0.1, -0.05) is 18.6 Å². The largest absolute Gasteiger partial charge is 0.481 e. The predicted octanol–water partition coefficient (Wildman–Crippen LogP) is 2.75. The first-order valence-corrected chi connectivity index (χ1v) is 7.19. The van der Waals surface area contributed by atoms with Gasteiger partial charge in [0.1, 0.15) is 0 Å². The van der Waals surface area contributed by atoms with Crippen molar-refractivity contribution in [2.24, 2.45) is 11.8 Å². The van der Waals surface area contributed by atoms with Gasteiger partial charge in [-0.15, -0.1) is 0 Å². The van der Waals surface area contributed by atoms with Crippen LogP contribution in [0.3, 0.4) is 0 Å². The van der Waals surface area contributed by atoms with Gasteiger partial charge in [0, 0.05) is 18.2 Å². The van der Waals surface area contributed by atoms with E-state index >= 15 is 0 Å². The van der Waals surface area contributed by atoms with E-state index < -0.39 is 10.9 Å². The fourth-order valence-electron chi connectivity index (χ4n) is 2.94. The minimum Gasteiger partial charge on any atom is -0.481 e. The summed E-state index contributed by atoms with van der Waals surface area (Å²) < 4.78 is 0. The molecule has 6 nitrogen and oxygen atoms in total. The number of nitro benzene ring substituents is 1. The zero-order chi connectivity index (χ0) is 15.4. The van der Waals surface area contributed by atoms with Crippen LogP contribution in [-0.2, 0) is 4.79 Å². The van der Waals surface area contributed by atoms with Crippen LogP contribution in [0.1, 0.15) is 37.8 Å². The molecule has 2 rings (SSSR count). The van der Waals surface area contributed by atoms with E-state index in [1.807, 2.05) is 6.92 Å². The second kappa shape index (κ2) is 6.67. The number of hydrogen-bond acceptors (Lipinski definition) is 4. The summed E-state index contributed by atoms with van der Waals surface area (Å²) in [7, 11) is 0. The molecule has 1 aliphatic carbocycles. The van der Waals surface area contributed by atoms with Gasteiger partial charge in [0.2, 0.25) is 0 Å². The van der Waals surface area contributed by atoms with Crippen LogP contribution in [-0.4, -0.2) is 22.5 Å². The van der Waals surface area contributed by atoms with Crippen LogP contribution in [0, 0.1) is 22.0 Å². The molecule has 0 radical (unpaired) electrons. The molecule has 3 atom stereocenters. The van der Waals surface area contributed by atoms with Crippen LogP contribution >= 0.6 is 0 Å². The molecule has 3 unspecified atom stereocenters. The normalized spacial score (nSPS) is 22.9. The summed E-state index contributed by atoms with van der Waals surface area (Å²) in [4.78, 5) is 21.3. The molecule has 0 bridgehead atoms. The van der Waals surface area contributed by atoms with Gasteiger partial charge >= 0.3 is 5.97 Å². The average Bonchev–Trinajstić information content (AvgIpc) is 2.93. The molecule has 0 aliphatic heterocycles. The van der Waals surface area contributed by atoms with Gasteiger partial charge in [-0.05, 0) is 37.8 Å². The van der Waals surface area contributed by atoms with Crippen molar-refractivity contribution in [3.05, 3.63) is 39.9 Å². The van der Waals surface area contributed by atoms with Crippen LogP contribution in [0.5, 0.6) is 0 Å². The van der Waals surface area contributed by atoms with Crippen LogP contribution in [0.2, 0.25) is 0 Å². The summed E-state index contributed by atoms with van der Waals surface area (Å²) in [6, 6.07) is 6.49. The highest BCUT2D eigenvalue weighted by Gasteiger charge is 2.32. The number of carboxylic acid groups (broad SMARTS) is 1. The molecule has 1 aromatic rings. The Labute approximate surface area is 123 Å². The SMILES string of the molecule is CC(NCC1CCCC1C(=O)O)c1ccc([N+](=O)[O-])cc1. The van der Waals surface area contributed by atoms with Gasteiger partial charge in [-0.3, -0.25) is 14.9 Å². The molecule has 0 aromatic heterocycles. The maximum atomic E-state index is 11.1. The summed E-state index contributed by atoms with van der Waals surface area (Å²) in [5.41, 5.74) is 1.04. The fraction of sp³-hybridized carbons (Fsp3) is 0.533. The third kappa shape index (κ3) is 3.78. The van der Waals surface area contributed by atoms with Crippen molar-refractivity contribution in [1.29, 1.82) is 0 Å². The van der Waals surface area contributed by atoms with Crippen molar-refractivity contribution in [2.75, 3.05) is 6.54 Å². The second-order valence-corrected chi connectivity index (χ2v) is 5.61. The lowest BCUT2D eigenvalue weighted by molar-refractivity contribution is -0.384. The fourth-order valence-corrected chi connectivity index (χ4v) is 2.94. The molecule has 0 amide bonds. The van der Waals surface area contributed by atoms with Crippen molar-refractivity contribution in [3.63, 3.8) is 0 Å². The molecule has 2 N–H and O–H groups in total. The zero-order valence-electron chi connectivity index (χ0n) is 12.0. The molecule has 21 heavy (non-hydrogen) atoms. The van der Waals surface area contributed by atoms with Gasteiger partial charge in [-0.25, -0.2) is 0 Å². The van der Waals surface area contributed by atoms with Crippen LogP contribution in [0.25, 0.3) is 0 Å². The van der Waals surface area contributed by atoms with Gasteiger partial charge in [0.05, 0.1) is 10.8 Å². The molecule has 0 heterocycles. The van der Waals surface area contributed by atoms with Crippen molar-refractivity contribution >= 4 is 11.7 Å². The summed E-state index contributed by atoms with van der Waals surface area (Å²) in [6.07, 6.45) is 2.67. The number of aliphatic carboxylic acids is 1. The third-order valence-electron chi connectivity index (χ3n) is 4.27. The van der Waals surface area contributed by atoms with Gasteiger partial charge in [-0.2, -0.15) is 0 Å². The Balaban J connectivity index is 1.90. The van der Waals surface area contributed by atoms with Gasteiger partial charge in [0.15, 0.2) is 0 Å². The summed E-state index contributed by atoms with van der Waals surface area (Å²) in [5, 5.41) is 23.1. The molecule has 0 spiro atoms. The molecule has 1 saturated carbocycles. The lowest BCUT2D eigenvalue weighted by Crippen LogP contribution is -2.30. The van der Waals surface area contributed by atoms with E-state index in [-0.39, 0.29) is 23.6 Å². The van der Waals surface area contributed by atoms with Crippen LogP contribution in [0.15, 0.2) is 24.3 Å². The Hall–Kier alpha value is -1.95. The molecule has 1 fully saturated rings. The van der Waals surface area contributed by atoms with E-state index in [4.69, 9.17) is 5.11 Å². The van der Waals surface area contributed by atoms with Gasteiger partial charge < -0.3 is 10.4 Å². The molecular weight excluding hydrogens is 272 g/mol. The highest BCUT2D eigenvalue weighted by molar-refractivity contribution is 5.70. The maximum Gasteiger partial charge on any atom is 0.306 e. The smallest absolute Gasteiger partial charge is 0.306 e. The van der Waals surface area contributed by atoms with E-state index in [1.165, 1.54) is 12.1 Å². The highest BCUT2D eigenvalue weighted by atomic mass is 16.6. The van der Waals surface area contributed by atoms with Crippen molar-refractivity contribution in [1.82, 2.24) is 5.32 Å². The van der Waals surface area contributed by atoms with E-state index in [0.717, 1.165) is 24.8 Å². The highest BCUT2D eigenvalue weighted by Crippen LogP contribution is 2.31. The number of carboxylic acids is 1. The molecule has 1 aromatic carbocycles. The van der Waals surface area contributed by atoms with E-state index in [0.29, 0.717) is 6.54 Å². The Kier molecular flexibility index (Phi) is 4.90. The standard InChI is InChI=1S/C15H20N2O4/c1-10(11-5-7-13(8-6-11)17(20)21)16-9-12-3-2-4-14(12)15(18)19/h5-8,10,12,14,16H,2-4,9H2,1H3,(H,18,19). The zero-order valence-corrected chi connectivity index (χ0v) is 12.0. The number of non-ortho nitro benzene ring substituents is 1. The number of hydrogen-bond donors (Lipinski definition) is 2. The first kappa shape index (κ1) is 15.4. The molecule has 0 saturated heterocycles. The molecule has 114 valence electrons. The Morgan fingerprint density at radius 3 is 2.67 bits per heavy atom. The average molecular weight is 292 g/mol. The minimum atomic E-state index is -0.706. The van der Waals surface area contributed by atoms with E-state index in [1.54, 1.807) is 12.1 Å². The summed E-state index contributed by atoms with van der Waals surface area (Å²) in [5.74, 6) is -0.785. The van der Waals surface area contributed by atoms with Crippen molar-refractivity contribution in [3.8, 4) is 0 Å². The summed E-state index contributed by atoms with van der Waals surface area (Å²) in [6.45, 7) is 2.64. The first-order chi connectivity index (χ1) is 9.99. The number of nitro groups is 1. The molecule has 1 aliphatic rings. The lowest BCUT2D eigenvalue weighted by Gasteiger charge is -2.20. The third-order valence-corrected chi connectivity index (χ3v) is 4.27. The van der Waals surface area contributed by atoms with Crippen molar-refractivity contribution in [2.45, 2.75) is 32.2 Å². The minimum absolute atomic E-state index is 0.0425. The van der Waals surface area contributed by atoms with E-state index in [9.17, 15) is 14.9 Å².